The summed E-state index contributed by atoms with van der Waals surface area (Å²) in [6, 6.07) is 25.8. The van der Waals surface area contributed by atoms with Crippen molar-refractivity contribution in [1.82, 2.24) is 5.32 Å². The zero-order valence-electron chi connectivity index (χ0n) is 20.2. The molecule has 180 valence electrons. The molecule has 0 radical (unpaired) electrons. The van der Waals surface area contributed by atoms with E-state index in [0.29, 0.717) is 13.2 Å². The van der Waals surface area contributed by atoms with Crippen LogP contribution < -0.4 is 20.1 Å². The van der Waals surface area contributed by atoms with Crippen molar-refractivity contribution in [2.24, 2.45) is 0 Å². The number of carbonyl (C=O) groups is 1. The second-order valence-electron chi connectivity index (χ2n) is 8.92. The summed E-state index contributed by atoms with van der Waals surface area (Å²) in [5.74, 6) is 2.31. The minimum absolute atomic E-state index is 0.387. The third-order valence-electron chi connectivity index (χ3n) is 4.76. The van der Waals surface area contributed by atoms with Crippen molar-refractivity contribution < 1.29 is 19.0 Å². The highest BCUT2D eigenvalue weighted by molar-refractivity contribution is 5.67. The standard InChI is InChI=1S/C28H34N2O4/c1-28(2,3)34-27(31)29-19-7-8-20-32-24-15-17-26(18-16-24)33-25-13-11-23(12-14-25)30-21-22-9-5-4-6-10-22/h4-6,9-18,30H,7-8,19-21H2,1-3H3,(H,29,31). The predicted molar refractivity (Wildman–Crippen MR) is 136 cm³/mol. The number of amides is 1. The van der Waals surface area contributed by atoms with Crippen LogP contribution >= 0.6 is 0 Å². The van der Waals surface area contributed by atoms with Crippen molar-refractivity contribution >= 4 is 11.8 Å². The summed E-state index contributed by atoms with van der Waals surface area (Å²) < 4.78 is 16.9. The molecule has 0 spiro atoms. The fourth-order valence-electron chi connectivity index (χ4n) is 3.10. The SMILES string of the molecule is CC(C)(C)OC(=O)NCCCCOc1ccc(Oc2ccc(NCc3ccccc3)cc2)cc1. The molecule has 2 N–H and O–H groups in total. The Bertz CT molecular complexity index is 997. The molecule has 0 fully saturated rings. The van der Waals surface area contributed by atoms with E-state index in [0.717, 1.165) is 42.3 Å². The van der Waals surface area contributed by atoms with Crippen LogP contribution in [0.5, 0.6) is 17.2 Å². The third kappa shape index (κ3) is 9.45. The van der Waals surface area contributed by atoms with E-state index in [9.17, 15) is 4.79 Å². The first-order valence-electron chi connectivity index (χ1n) is 11.6. The van der Waals surface area contributed by atoms with Crippen LogP contribution in [0.25, 0.3) is 0 Å². The molecule has 34 heavy (non-hydrogen) atoms. The Balaban J connectivity index is 1.33. The van der Waals surface area contributed by atoms with Gasteiger partial charge in [0.1, 0.15) is 22.8 Å². The molecule has 0 aliphatic rings. The minimum Gasteiger partial charge on any atom is -0.494 e. The van der Waals surface area contributed by atoms with E-state index in [1.807, 2.05) is 87.5 Å². The monoisotopic (exact) mass is 462 g/mol. The van der Waals surface area contributed by atoms with Crippen molar-refractivity contribution in [2.75, 3.05) is 18.5 Å². The third-order valence-corrected chi connectivity index (χ3v) is 4.76. The van der Waals surface area contributed by atoms with Gasteiger partial charge in [0.05, 0.1) is 6.61 Å². The number of alkyl carbamates (subject to hydrolysis) is 1. The topological polar surface area (TPSA) is 68.8 Å². The Hall–Kier alpha value is -3.67. The molecule has 3 rings (SSSR count). The number of benzene rings is 3. The first-order valence-corrected chi connectivity index (χ1v) is 11.6. The van der Waals surface area contributed by atoms with Crippen molar-refractivity contribution in [3.05, 3.63) is 84.4 Å². The van der Waals surface area contributed by atoms with Crippen molar-refractivity contribution in [3.8, 4) is 17.2 Å². The molecular formula is C28H34N2O4. The lowest BCUT2D eigenvalue weighted by Gasteiger charge is -2.19. The van der Waals surface area contributed by atoms with Gasteiger partial charge in [-0.3, -0.25) is 0 Å². The number of nitrogens with one attached hydrogen (secondary N) is 2. The summed E-state index contributed by atoms with van der Waals surface area (Å²) in [5, 5.41) is 6.16. The van der Waals surface area contributed by atoms with E-state index >= 15 is 0 Å². The lowest BCUT2D eigenvalue weighted by molar-refractivity contribution is 0.0526. The minimum atomic E-state index is -0.480. The molecule has 0 heterocycles. The Morgan fingerprint density at radius 1 is 0.794 bits per heavy atom. The van der Waals surface area contributed by atoms with E-state index in [-0.39, 0.29) is 6.09 Å². The van der Waals surface area contributed by atoms with Crippen LogP contribution in [0.4, 0.5) is 10.5 Å². The molecule has 0 bridgehead atoms. The number of ether oxygens (including phenoxy) is 3. The van der Waals surface area contributed by atoms with Gasteiger partial charge >= 0.3 is 6.09 Å². The molecule has 6 nitrogen and oxygen atoms in total. The average Bonchev–Trinajstić information content (AvgIpc) is 2.81. The zero-order chi connectivity index (χ0) is 24.2. The van der Waals surface area contributed by atoms with E-state index in [2.05, 4.69) is 22.8 Å². The van der Waals surface area contributed by atoms with Gasteiger partial charge in [0.15, 0.2) is 0 Å². The Labute approximate surface area is 202 Å². The van der Waals surface area contributed by atoms with Crippen molar-refractivity contribution in [1.29, 1.82) is 0 Å². The highest BCUT2D eigenvalue weighted by atomic mass is 16.6. The van der Waals surface area contributed by atoms with Gasteiger partial charge in [-0.25, -0.2) is 4.79 Å². The molecule has 0 aliphatic carbocycles. The highest BCUT2D eigenvalue weighted by Gasteiger charge is 2.15. The van der Waals surface area contributed by atoms with Crippen molar-refractivity contribution in [3.63, 3.8) is 0 Å². The molecule has 0 aromatic heterocycles. The van der Waals surface area contributed by atoms with Crippen LogP contribution in [-0.4, -0.2) is 24.8 Å². The molecular weight excluding hydrogens is 428 g/mol. The Morgan fingerprint density at radius 2 is 1.41 bits per heavy atom. The molecule has 0 saturated heterocycles. The number of anilines is 1. The zero-order valence-corrected chi connectivity index (χ0v) is 20.2. The number of hydrogen-bond acceptors (Lipinski definition) is 5. The molecule has 0 aliphatic heterocycles. The lowest BCUT2D eigenvalue weighted by atomic mass is 10.2. The summed E-state index contributed by atoms with van der Waals surface area (Å²) in [4.78, 5) is 11.6. The summed E-state index contributed by atoms with van der Waals surface area (Å²) in [6.45, 7) is 7.45. The second-order valence-corrected chi connectivity index (χ2v) is 8.92. The average molecular weight is 463 g/mol. The highest BCUT2D eigenvalue weighted by Crippen LogP contribution is 2.25. The van der Waals surface area contributed by atoms with Crippen LogP contribution in [-0.2, 0) is 11.3 Å². The Kier molecular flexibility index (Phi) is 9.21. The maximum atomic E-state index is 11.6. The summed E-state index contributed by atoms with van der Waals surface area (Å²) in [5.41, 5.74) is 1.80. The fourth-order valence-corrected chi connectivity index (χ4v) is 3.10. The normalized spacial score (nSPS) is 10.9. The number of carbonyl (C=O) groups excluding carboxylic acids is 1. The quantitative estimate of drug-likeness (QED) is 0.308. The van der Waals surface area contributed by atoms with Gasteiger partial charge in [0, 0.05) is 18.8 Å². The molecule has 0 unspecified atom stereocenters. The lowest BCUT2D eigenvalue weighted by Crippen LogP contribution is -2.33. The van der Waals surface area contributed by atoms with Crippen LogP contribution in [0.1, 0.15) is 39.2 Å². The fraction of sp³-hybridized carbons (Fsp3) is 0.321. The molecule has 6 heteroatoms. The second kappa shape index (κ2) is 12.5. The van der Waals surface area contributed by atoms with Crippen molar-refractivity contribution in [2.45, 2.75) is 45.8 Å². The molecule has 1 amide bonds. The summed E-state index contributed by atoms with van der Waals surface area (Å²) >= 11 is 0. The van der Waals surface area contributed by atoms with Gasteiger partial charge < -0.3 is 24.8 Å². The van der Waals surface area contributed by atoms with E-state index in [1.165, 1.54) is 5.56 Å². The first-order chi connectivity index (χ1) is 16.4. The predicted octanol–water partition coefficient (Wildman–Crippen LogP) is 6.77. The van der Waals surface area contributed by atoms with Gasteiger partial charge in [-0.05, 0) is 87.7 Å². The van der Waals surface area contributed by atoms with E-state index in [1.54, 1.807) is 0 Å². The molecule has 3 aromatic carbocycles. The van der Waals surface area contributed by atoms with Gasteiger partial charge in [0.25, 0.3) is 0 Å². The maximum Gasteiger partial charge on any atom is 0.407 e. The Morgan fingerprint density at radius 3 is 2.06 bits per heavy atom. The first kappa shape index (κ1) is 25.0. The smallest absolute Gasteiger partial charge is 0.407 e. The van der Waals surface area contributed by atoms with Crippen LogP contribution in [0, 0.1) is 0 Å². The molecule has 3 aromatic rings. The summed E-state index contributed by atoms with van der Waals surface area (Å²) in [6.07, 6.45) is 1.26. The van der Waals surface area contributed by atoms with Gasteiger partial charge in [-0.15, -0.1) is 0 Å². The molecule has 0 saturated carbocycles. The van der Waals surface area contributed by atoms with Crippen LogP contribution in [0.2, 0.25) is 0 Å². The summed E-state index contributed by atoms with van der Waals surface area (Å²) in [7, 11) is 0. The largest absolute Gasteiger partial charge is 0.494 e. The number of hydrogen-bond donors (Lipinski definition) is 2. The number of unbranched alkanes of at least 4 members (excludes halogenated alkanes) is 1. The van der Waals surface area contributed by atoms with Crippen LogP contribution in [0.15, 0.2) is 78.9 Å². The van der Waals surface area contributed by atoms with E-state index < -0.39 is 5.60 Å². The number of rotatable bonds is 11. The van der Waals surface area contributed by atoms with Gasteiger partial charge in [-0.2, -0.15) is 0 Å². The van der Waals surface area contributed by atoms with Gasteiger partial charge in [0.2, 0.25) is 0 Å². The maximum absolute atomic E-state index is 11.6. The van der Waals surface area contributed by atoms with E-state index in [4.69, 9.17) is 14.2 Å². The van der Waals surface area contributed by atoms with Crippen LogP contribution in [0.3, 0.4) is 0 Å². The molecule has 0 atom stereocenters. The van der Waals surface area contributed by atoms with Gasteiger partial charge in [-0.1, -0.05) is 30.3 Å².